The Bertz CT molecular complexity index is 631. The van der Waals surface area contributed by atoms with Gasteiger partial charge < -0.3 is 5.32 Å². The molecule has 0 saturated carbocycles. The summed E-state index contributed by atoms with van der Waals surface area (Å²) in [6.45, 7) is 1.02. The van der Waals surface area contributed by atoms with Gasteiger partial charge in [-0.3, -0.25) is 10.1 Å². The number of nitro benzene ring substituents is 1. The Morgan fingerprint density at radius 2 is 2.05 bits per heavy atom. The predicted octanol–water partition coefficient (Wildman–Crippen LogP) is 2.82. The molecular weight excluding hydrogens is 262 g/mol. The van der Waals surface area contributed by atoms with Gasteiger partial charge in [0.05, 0.1) is 4.92 Å². The molecule has 5 nitrogen and oxygen atoms in total. The van der Waals surface area contributed by atoms with E-state index in [1.165, 1.54) is 17.4 Å². The van der Waals surface area contributed by atoms with E-state index in [-0.39, 0.29) is 10.6 Å². The van der Waals surface area contributed by atoms with E-state index in [4.69, 9.17) is 5.26 Å². The lowest BCUT2D eigenvalue weighted by molar-refractivity contribution is -0.385. The van der Waals surface area contributed by atoms with E-state index in [1.54, 1.807) is 24.3 Å². The van der Waals surface area contributed by atoms with Crippen LogP contribution in [-0.2, 0) is 13.1 Å². The van der Waals surface area contributed by atoms with Crippen molar-refractivity contribution >= 4 is 17.0 Å². The second-order valence-electron chi connectivity index (χ2n) is 3.87. The van der Waals surface area contributed by atoms with Crippen LogP contribution in [0.15, 0.2) is 36.4 Å². The number of nitriles is 1. The SMILES string of the molecule is N#Cc1ccc(CNCc2ccccc2[N+](=O)[O-])s1. The topological polar surface area (TPSA) is 79.0 Å². The van der Waals surface area contributed by atoms with Gasteiger partial charge >= 0.3 is 0 Å². The fourth-order valence-corrected chi connectivity index (χ4v) is 2.47. The fourth-order valence-electron chi connectivity index (χ4n) is 1.69. The van der Waals surface area contributed by atoms with Crippen LogP contribution in [0.4, 0.5) is 5.69 Å². The number of nitrogens with zero attached hydrogens (tertiary/aromatic N) is 2. The minimum absolute atomic E-state index is 0.124. The molecule has 0 radical (unpaired) electrons. The predicted molar refractivity (Wildman–Crippen MR) is 72.7 cm³/mol. The molecule has 0 aliphatic carbocycles. The van der Waals surface area contributed by atoms with E-state index in [1.807, 2.05) is 6.07 Å². The third kappa shape index (κ3) is 3.37. The average Bonchev–Trinajstić information content (AvgIpc) is 2.87. The van der Waals surface area contributed by atoms with E-state index >= 15 is 0 Å². The van der Waals surface area contributed by atoms with Gasteiger partial charge in [0.1, 0.15) is 10.9 Å². The minimum atomic E-state index is -0.379. The summed E-state index contributed by atoms with van der Waals surface area (Å²) in [5, 5.41) is 22.7. The normalized spacial score (nSPS) is 10.1. The molecule has 2 rings (SSSR count). The van der Waals surface area contributed by atoms with Gasteiger partial charge in [-0.15, -0.1) is 11.3 Å². The smallest absolute Gasteiger partial charge is 0.273 e. The number of nitrogens with one attached hydrogen (secondary N) is 1. The highest BCUT2D eigenvalue weighted by Crippen LogP contribution is 2.18. The van der Waals surface area contributed by atoms with Crippen molar-refractivity contribution in [2.45, 2.75) is 13.1 Å². The van der Waals surface area contributed by atoms with Crippen LogP contribution in [0.5, 0.6) is 0 Å². The summed E-state index contributed by atoms with van der Waals surface area (Å²) in [5.41, 5.74) is 0.781. The van der Waals surface area contributed by atoms with E-state index in [9.17, 15) is 10.1 Å². The molecule has 0 amide bonds. The van der Waals surface area contributed by atoms with Crippen LogP contribution in [0.1, 0.15) is 15.3 Å². The summed E-state index contributed by atoms with van der Waals surface area (Å²) in [7, 11) is 0. The first-order valence-electron chi connectivity index (χ1n) is 5.62. The van der Waals surface area contributed by atoms with Gasteiger partial charge in [-0.25, -0.2) is 0 Å². The first-order valence-corrected chi connectivity index (χ1v) is 6.44. The molecule has 1 heterocycles. The Kier molecular flexibility index (Phi) is 4.23. The summed E-state index contributed by atoms with van der Waals surface area (Å²) < 4.78 is 0. The van der Waals surface area contributed by atoms with Crippen molar-refractivity contribution in [2.75, 3.05) is 0 Å². The van der Waals surface area contributed by atoms with Crippen LogP contribution < -0.4 is 5.32 Å². The number of benzene rings is 1. The minimum Gasteiger partial charge on any atom is -0.308 e. The number of rotatable bonds is 5. The molecular formula is C13H11N3O2S. The van der Waals surface area contributed by atoms with Crippen molar-refractivity contribution < 1.29 is 4.92 Å². The monoisotopic (exact) mass is 273 g/mol. The third-order valence-corrected chi connectivity index (χ3v) is 3.56. The standard InChI is InChI=1S/C13H11N3O2S/c14-7-11-5-6-12(19-11)9-15-8-10-3-1-2-4-13(10)16(17)18/h1-6,15H,8-9H2. The van der Waals surface area contributed by atoms with Crippen molar-refractivity contribution in [1.29, 1.82) is 5.26 Å². The molecule has 0 aliphatic heterocycles. The maximum absolute atomic E-state index is 10.8. The van der Waals surface area contributed by atoms with E-state index in [0.717, 1.165) is 4.88 Å². The van der Waals surface area contributed by atoms with Gasteiger partial charge in [0.2, 0.25) is 0 Å². The second-order valence-corrected chi connectivity index (χ2v) is 5.04. The molecule has 2 aromatic rings. The number of para-hydroxylation sites is 1. The maximum atomic E-state index is 10.8. The van der Waals surface area contributed by atoms with Gasteiger partial charge in [-0.2, -0.15) is 5.26 Å². The van der Waals surface area contributed by atoms with Gasteiger partial charge in [-0.05, 0) is 12.1 Å². The number of hydrogen-bond donors (Lipinski definition) is 1. The van der Waals surface area contributed by atoms with Crippen LogP contribution in [0.2, 0.25) is 0 Å². The van der Waals surface area contributed by atoms with Crippen molar-refractivity contribution in [3.8, 4) is 6.07 Å². The van der Waals surface area contributed by atoms with Crippen molar-refractivity contribution in [3.05, 3.63) is 61.8 Å². The molecule has 19 heavy (non-hydrogen) atoms. The maximum Gasteiger partial charge on any atom is 0.273 e. The lowest BCUT2D eigenvalue weighted by Crippen LogP contribution is -2.12. The average molecular weight is 273 g/mol. The lowest BCUT2D eigenvalue weighted by atomic mass is 10.2. The zero-order valence-corrected chi connectivity index (χ0v) is 10.8. The Morgan fingerprint density at radius 3 is 2.74 bits per heavy atom. The van der Waals surface area contributed by atoms with Crippen LogP contribution in [0.3, 0.4) is 0 Å². The summed E-state index contributed by atoms with van der Waals surface area (Å²) in [6.07, 6.45) is 0. The molecule has 96 valence electrons. The molecule has 1 aromatic carbocycles. The highest BCUT2D eigenvalue weighted by Gasteiger charge is 2.11. The number of thiophene rings is 1. The molecule has 0 bridgehead atoms. The molecule has 0 fully saturated rings. The summed E-state index contributed by atoms with van der Waals surface area (Å²) >= 11 is 1.42. The summed E-state index contributed by atoms with van der Waals surface area (Å²) in [6, 6.07) is 12.4. The Labute approximate surface area is 114 Å². The molecule has 1 N–H and O–H groups in total. The van der Waals surface area contributed by atoms with Gasteiger partial charge in [-0.1, -0.05) is 18.2 Å². The summed E-state index contributed by atoms with van der Waals surface area (Å²) in [4.78, 5) is 12.2. The van der Waals surface area contributed by atoms with Gasteiger partial charge in [0, 0.05) is 29.6 Å². The molecule has 0 aliphatic rings. The fraction of sp³-hybridized carbons (Fsp3) is 0.154. The highest BCUT2D eigenvalue weighted by molar-refractivity contribution is 7.12. The number of nitro groups is 1. The second kappa shape index (κ2) is 6.09. The van der Waals surface area contributed by atoms with Gasteiger partial charge in [0.15, 0.2) is 0 Å². The molecule has 0 unspecified atom stereocenters. The van der Waals surface area contributed by atoms with Crippen LogP contribution in [-0.4, -0.2) is 4.92 Å². The zero-order valence-electron chi connectivity index (χ0n) is 10.00. The Hall–Kier alpha value is -2.23. The molecule has 6 heteroatoms. The van der Waals surface area contributed by atoms with E-state index < -0.39 is 0 Å². The first-order chi connectivity index (χ1) is 9.20. The Balaban J connectivity index is 1.96. The lowest BCUT2D eigenvalue weighted by Gasteiger charge is -2.04. The van der Waals surface area contributed by atoms with Crippen LogP contribution in [0.25, 0.3) is 0 Å². The third-order valence-electron chi connectivity index (χ3n) is 2.57. The van der Waals surface area contributed by atoms with Crippen LogP contribution >= 0.6 is 11.3 Å². The summed E-state index contributed by atoms with van der Waals surface area (Å²) in [5.74, 6) is 0. The van der Waals surface area contributed by atoms with Crippen LogP contribution in [0, 0.1) is 21.4 Å². The van der Waals surface area contributed by atoms with Gasteiger partial charge in [0.25, 0.3) is 5.69 Å². The van der Waals surface area contributed by atoms with Crippen molar-refractivity contribution in [3.63, 3.8) is 0 Å². The van der Waals surface area contributed by atoms with E-state index in [0.29, 0.717) is 23.5 Å². The molecule has 1 aromatic heterocycles. The largest absolute Gasteiger partial charge is 0.308 e. The Morgan fingerprint density at radius 1 is 1.26 bits per heavy atom. The molecule has 0 saturated heterocycles. The molecule has 0 spiro atoms. The quantitative estimate of drug-likeness (QED) is 0.671. The van der Waals surface area contributed by atoms with E-state index in [2.05, 4.69) is 11.4 Å². The van der Waals surface area contributed by atoms with Crippen molar-refractivity contribution in [1.82, 2.24) is 5.32 Å². The van der Waals surface area contributed by atoms with Crippen molar-refractivity contribution in [2.24, 2.45) is 0 Å². The molecule has 0 atom stereocenters. The first kappa shape index (κ1) is 13.2. The zero-order chi connectivity index (χ0) is 13.7. The highest BCUT2D eigenvalue weighted by atomic mass is 32.1. The number of hydrogen-bond acceptors (Lipinski definition) is 5.